The standard InChI is InChI=1S/C15H17N2O.CH4O/c1-13-7-8-15(11-17(13)10-9-16)18-12-14-5-3-2-4-6-14;1-2/h2-9,11,16H,10,12H2,1H3;2H,1H3/q+1;. The molecule has 0 aliphatic carbocycles. The van der Waals surface area contributed by atoms with Gasteiger partial charge in [0.05, 0.1) is 6.21 Å². The Hall–Kier alpha value is -2.20. The van der Waals surface area contributed by atoms with E-state index in [2.05, 4.69) is 0 Å². The molecular weight excluding hydrogens is 252 g/mol. The van der Waals surface area contributed by atoms with E-state index in [4.69, 9.17) is 15.3 Å². The monoisotopic (exact) mass is 273 g/mol. The highest BCUT2D eigenvalue weighted by Gasteiger charge is 2.07. The number of rotatable bonds is 5. The first-order valence-corrected chi connectivity index (χ1v) is 6.40. The molecule has 0 spiro atoms. The molecule has 1 aromatic carbocycles. The summed E-state index contributed by atoms with van der Waals surface area (Å²) in [6.45, 7) is 3.16. The van der Waals surface area contributed by atoms with Gasteiger partial charge in [0.15, 0.2) is 18.0 Å². The Morgan fingerprint density at radius 2 is 1.85 bits per heavy atom. The van der Waals surface area contributed by atoms with Crippen LogP contribution in [0, 0.1) is 12.3 Å². The number of pyridine rings is 1. The number of aliphatic hydroxyl groups excluding tert-OH is 1. The Bertz CT molecular complexity index is 527. The van der Waals surface area contributed by atoms with Gasteiger partial charge >= 0.3 is 0 Å². The quantitative estimate of drug-likeness (QED) is 0.647. The van der Waals surface area contributed by atoms with Gasteiger partial charge in [0.1, 0.15) is 6.61 Å². The molecule has 1 aromatic heterocycles. The molecule has 1 heterocycles. The summed E-state index contributed by atoms with van der Waals surface area (Å²) < 4.78 is 7.73. The summed E-state index contributed by atoms with van der Waals surface area (Å²) in [5.41, 5.74) is 2.27. The summed E-state index contributed by atoms with van der Waals surface area (Å²) in [6, 6.07) is 14.0. The first kappa shape index (κ1) is 15.9. The first-order chi connectivity index (χ1) is 9.79. The molecule has 0 radical (unpaired) electrons. The molecule has 4 heteroatoms. The van der Waals surface area contributed by atoms with Gasteiger partial charge in [0, 0.05) is 20.1 Å². The zero-order chi connectivity index (χ0) is 14.8. The van der Waals surface area contributed by atoms with Gasteiger partial charge < -0.3 is 15.3 Å². The Morgan fingerprint density at radius 1 is 1.15 bits per heavy atom. The fraction of sp³-hybridized carbons (Fsp3) is 0.250. The normalized spacial score (nSPS) is 9.35. The van der Waals surface area contributed by atoms with Crippen LogP contribution < -0.4 is 9.30 Å². The van der Waals surface area contributed by atoms with Crippen molar-refractivity contribution < 1.29 is 14.4 Å². The van der Waals surface area contributed by atoms with Gasteiger partial charge in [0.25, 0.3) is 0 Å². The second kappa shape index (κ2) is 8.82. The van der Waals surface area contributed by atoms with Crippen molar-refractivity contribution in [1.82, 2.24) is 0 Å². The minimum absolute atomic E-state index is 0.564. The van der Waals surface area contributed by atoms with Crippen LogP contribution in [0.1, 0.15) is 11.3 Å². The topological polar surface area (TPSA) is 57.2 Å². The van der Waals surface area contributed by atoms with Crippen LogP contribution in [0.5, 0.6) is 5.75 Å². The number of benzene rings is 1. The van der Waals surface area contributed by atoms with Crippen LogP contribution in [0.15, 0.2) is 48.7 Å². The molecule has 0 aliphatic heterocycles. The molecular formula is C16H21N2O2+. The summed E-state index contributed by atoms with van der Waals surface area (Å²) in [7, 11) is 1.00. The number of aromatic nitrogens is 1. The number of aryl methyl sites for hydroxylation is 1. The highest BCUT2D eigenvalue weighted by molar-refractivity contribution is 5.50. The predicted molar refractivity (Wildman–Crippen MR) is 79.1 cm³/mol. The third-order valence-electron chi connectivity index (χ3n) is 2.76. The SMILES string of the molecule is CO.Cc1ccc(OCc2ccccc2)c[n+]1CC=N. The molecule has 0 saturated heterocycles. The smallest absolute Gasteiger partial charge is 0.211 e. The number of ether oxygens (including phenoxy) is 1. The zero-order valence-electron chi connectivity index (χ0n) is 11.9. The number of nitrogens with zero attached hydrogens (tertiary/aromatic N) is 1. The molecule has 0 bridgehead atoms. The molecule has 2 aromatic rings. The van der Waals surface area contributed by atoms with Crippen LogP contribution in [0.2, 0.25) is 0 Å². The van der Waals surface area contributed by atoms with Crippen LogP contribution in [-0.4, -0.2) is 18.4 Å². The second-order valence-electron chi connectivity index (χ2n) is 4.14. The number of nitrogens with one attached hydrogen (secondary N) is 1. The highest BCUT2D eigenvalue weighted by Crippen LogP contribution is 2.10. The van der Waals surface area contributed by atoms with Gasteiger partial charge in [-0.05, 0) is 11.6 Å². The van der Waals surface area contributed by atoms with E-state index in [1.54, 1.807) is 0 Å². The van der Waals surface area contributed by atoms with Gasteiger partial charge in [-0.25, -0.2) is 0 Å². The van der Waals surface area contributed by atoms with Crippen LogP contribution in [0.4, 0.5) is 0 Å². The molecule has 20 heavy (non-hydrogen) atoms. The van der Waals surface area contributed by atoms with E-state index < -0.39 is 0 Å². The van der Waals surface area contributed by atoms with Crippen molar-refractivity contribution in [3.05, 3.63) is 59.9 Å². The van der Waals surface area contributed by atoms with E-state index >= 15 is 0 Å². The van der Waals surface area contributed by atoms with Gasteiger partial charge in [0.2, 0.25) is 6.20 Å². The van der Waals surface area contributed by atoms with Gasteiger partial charge in [-0.15, -0.1) is 0 Å². The lowest BCUT2D eigenvalue weighted by atomic mass is 10.2. The van der Waals surface area contributed by atoms with Crippen LogP contribution in [0.25, 0.3) is 0 Å². The van der Waals surface area contributed by atoms with Crippen molar-refractivity contribution in [3.8, 4) is 5.75 Å². The van der Waals surface area contributed by atoms with E-state index in [1.807, 2.05) is 60.2 Å². The fourth-order valence-electron chi connectivity index (χ4n) is 1.72. The molecule has 106 valence electrons. The maximum Gasteiger partial charge on any atom is 0.211 e. The lowest BCUT2D eigenvalue weighted by molar-refractivity contribution is -0.687. The van der Waals surface area contributed by atoms with Crippen LogP contribution in [0.3, 0.4) is 0 Å². The van der Waals surface area contributed by atoms with E-state index in [0.717, 1.165) is 24.1 Å². The second-order valence-corrected chi connectivity index (χ2v) is 4.14. The highest BCUT2D eigenvalue weighted by atomic mass is 16.5. The van der Waals surface area contributed by atoms with E-state index in [-0.39, 0.29) is 0 Å². The number of aliphatic hydroxyl groups is 1. The first-order valence-electron chi connectivity index (χ1n) is 6.40. The molecule has 2 rings (SSSR count). The predicted octanol–water partition coefficient (Wildman–Crippen LogP) is 2.12. The molecule has 0 fully saturated rings. The zero-order valence-corrected chi connectivity index (χ0v) is 11.9. The van der Waals surface area contributed by atoms with Gasteiger partial charge in [-0.3, -0.25) is 0 Å². The van der Waals surface area contributed by atoms with Crippen molar-refractivity contribution in [2.45, 2.75) is 20.1 Å². The summed E-state index contributed by atoms with van der Waals surface area (Å²) in [4.78, 5) is 0. The molecule has 0 amide bonds. The molecule has 4 nitrogen and oxygen atoms in total. The average molecular weight is 273 g/mol. The lowest BCUT2D eigenvalue weighted by Crippen LogP contribution is -2.37. The van der Waals surface area contributed by atoms with Crippen molar-refractivity contribution >= 4 is 6.21 Å². The van der Waals surface area contributed by atoms with Crippen LogP contribution >= 0.6 is 0 Å². The van der Waals surface area contributed by atoms with Crippen molar-refractivity contribution in [3.63, 3.8) is 0 Å². The Labute approximate surface area is 119 Å². The number of hydrogen-bond donors (Lipinski definition) is 2. The summed E-state index contributed by atoms with van der Waals surface area (Å²) >= 11 is 0. The fourth-order valence-corrected chi connectivity index (χ4v) is 1.72. The van der Waals surface area contributed by atoms with Crippen molar-refractivity contribution in [2.24, 2.45) is 0 Å². The Morgan fingerprint density at radius 3 is 2.50 bits per heavy atom. The van der Waals surface area contributed by atoms with E-state index in [0.29, 0.717) is 13.2 Å². The molecule has 0 saturated carbocycles. The molecule has 2 N–H and O–H groups in total. The molecule has 0 unspecified atom stereocenters. The molecule has 0 atom stereocenters. The van der Waals surface area contributed by atoms with Gasteiger partial charge in [-0.1, -0.05) is 30.3 Å². The Kier molecular flexibility index (Phi) is 7.00. The molecule has 0 aliphatic rings. The Balaban J connectivity index is 0.000000956. The van der Waals surface area contributed by atoms with Crippen LogP contribution in [-0.2, 0) is 13.2 Å². The maximum absolute atomic E-state index is 7.16. The van der Waals surface area contributed by atoms with Crippen molar-refractivity contribution in [2.75, 3.05) is 7.11 Å². The summed E-state index contributed by atoms with van der Waals surface area (Å²) in [5, 5.41) is 14.2. The van der Waals surface area contributed by atoms with E-state index in [1.165, 1.54) is 6.21 Å². The third-order valence-corrected chi connectivity index (χ3v) is 2.76. The largest absolute Gasteiger partial charge is 0.483 e. The maximum atomic E-state index is 7.16. The van der Waals surface area contributed by atoms with E-state index in [9.17, 15) is 0 Å². The van der Waals surface area contributed by atoms with Gasteiger partial charge in [-0.2, -0.15) is 4.57 Å². The minimum atomic E-state index is 0.564. The third kappa shape index (κ3) is 4.82. The van der Waals surface area contributed by atoms with Crippen molar-refractivity contribution in [1.29, 1.82) is 5.41 Å². The number of hydrogen-bond acceptors (Lipinski definition) is 3. The minimum Gasteiger partial charge on any atom is -0.483 e. The lowest BCUT2D eigenvalue weighted by Gasteiger charge is -2.05. The average Bonchev–Trinajstić information content (AvgIpc) is 2.51. The summed E-state index contributed by atoms with van der Waals surface area (Å²) in [5.74, 6) is 0.825. The summed E-state index contributed by atoms with van der Waals surface area (Å²) in [6.07, 6.45) is 3.32.